The molecule has 0 fully saturated rings. The number of rotatable bonds is 5. The van der Waals surface area contributed by atoms with E-state index in [9.17, 15) is 4.79 Å². The van der Waals surface area contributed by atoms with Crippen molar-refractivity contribution in [1.29, 1.82) is 5.26 Å². The topological polar surface area (TPSA) is 79.8 Å². The van der Waals surface area contributed by atoms with Gasteiger partial charge in [0.2, 0.25) is 5.91 Å². The number of pyridine rings is 1. The number of nitrogens with two attached hydrogens (primary N) is 1. The number of amides is 1. The first kappa shape index (κ1) is 19.2. The zero-order valence-corrected chi connectivity index (χ0v) is 13.4. The number of nitriles is 1. The fraction of sp³-hybridized carbons (Fsp3) is 0.562. The van der Waals surface area contributed by atoms with Gasteiger partial charge in [0.15, 0.2) is 0 Å². The molecule has 0 aromatic carbocycles. The number of aromatic nitrogens is 1. The van der Waals surface area contributed by atoms with E-state index < -0.39 is 0 Å². The SMILES string of the molecule is CCC[C@@H](CC(C)C)C(N)=O.[B]c1cnc(C#N)c(C)c1. The van der Waals surface area contributed by atoms with E-state index >= 15 is 0 Å². The molecule has 2 radical (unpaired) electrons. The summed E-state index contributed by atoms with van der Waals surface area (Å²) in [4.78, 5) is 14.7. The Kier molecular flexibility index (Phi) is 9.11. The van der Waals surface area contributed by atoms with Crippen LogP contribution in [-0.2, 0) is 4.79 Å². The lowest BCUT2D eigenvalue weighted by atomic mass is 9.93. The van der Waals surface area contributed by atoms with Gasteiger partial charge in [-0.3, -0.25) is 4.79 Å². The van der Waals surface area contributed by atoms with Crippen LogP contribution in [0.25, 0.3) is 0 Å². The molecular formula is C16H24BN3O. The molecule has 112 valence electrons. The van der Waals surface area contributed by atoms with Crippen LogP contribution in [0.2, 0.25) is 0 Å². The van der Waals surface area contributed by atoms with Crippen molar-refractivity contribution in [2.45, 2.75) is 47.0 Å². The average molecular weight is 285 g/mol. The van der Waals surface area contributed by atoms with Crippen LogP contribution in [0.4, 0.5) is 0 Å². The molecule has 0 bridgehead atoms. The smallest absolute Gasteiger partial charge is 0.220 e. The van der Waals surface area contributed by atoms with E-state index in [0.717, 1.165) is 24.8 Å². The van der Waals surface area contributed by atoms with Crippen molar-refractivity contribution < 1.29 is 4.79 Å². The van der Waals surface area contributed by atoms with Crippen LogP contribution in [0.5, 0.6) is 0 Å². The summed E-state index contributed by atoms with van der Waals surface area (Å²) in [6.45, 7) is 8.12. The standard InChI is InChI=1S/C9H19NO.C7H5BN2/c1-4-5-8(9(10)11)6-7(2)3;1-5-2-6(8)4-10-7(5)3-9/h7-8H,4-6H2,1-3H3,(H2,10,11);2,4H,1H3/t8-;/m0./s1. The monoisotopic (exact) mass is 285 g/mol. The molecule has 1 atom stereocenters. The number of aryl methyl sites for hydroxylation is 1. The molecule has 1 amide bonds. The summed E-state index contributed by atoms with van der Waals surface area (Å²) in [6, 6.07) is 3.68. The van der Waals surface area contributed by atoms with Gasteiger partial charge >= 0.3 is 0 Å². The van der Waals surface area contributed by atoms with Crippen LogP contribution in [0.15, 0.2) is 12.3 Å². The molecule has 0 unspecified atom stereocenters. The van der Waals surface area contributed by atoms with Crippen molar-refractivity contribution in [3.8, 4) is 6.07 Å². The Morgan fingerprint density at radius 3 is 2.52 bits per heavy atom. The van der Waals surface area contributed by atoms with E-state index in [1.165, 1.54) is 6.20 Å². The molecule has 4 nitrogen and oxygen atoms in total. The third-order valence-corrected chi connectivity index (χ3v) is 3.00. The van der Waals surface area contributed by atoms with Crippen LogP contribution in [0.3, 0.4) is 0 Å². The van der Waals surface area contributed by atoms with Crippen LogP contribution >= 0.6 is 0 Å². The van der Waals surface area contributed by atoms with Gasteiger partial charge < -0.3 is 5.73 Å². The van der Waals surface area contributed by atoms with Gasteiger partial charge in [-0.2, -0.15) is 5.26 Å². The second kappa shape index (κ2) is 9.98. The maximum absolute atomic E-state index is 10.8. The molecule has 1 rings (SSSR count). The highest BCUT2D eigenvalue weighted by Gasteiger charge is 2.14. The molecule has 1 aromatic heterocycles. The number of hydrogen-bond donors (Lipinski definition) is 1. The molecule has 21 heavy (non-hydrogen) atoms. The third-order valence-electron chi connectivity index (χ3n) is 3.00. The average Bonchev–Trinajstić information content (AvgIpc) is 2.38. The molecule has 0 aliphatic carbocycles. The molecule has 0 spiro atoms. The van der Waals surface area contributed by atoms with Gasteiger partial charge in [0.05, 0.1) is 0 Å². The van der Waals surface area contributed by atoms with Crippen molar-refractivity contribution in [1.82, 2.24) is 4.98 Å². The van der Waals surface area contributed by atoms with Gasteiger partial charge in [-0.1, -0.05) is 38.7 Å². The number of primary amides is 1. The molecule has 0 aliphatic heterocycles. The van der Waals surface area contributed by atoms with E-state index in [2.05, 4.69) is 25.8 Å². The minimum Gasteiger partial charge on any atom is -0.369 e. The predicted molar refractivity (Wildman–Crippen MR) is 86.1 cm³/mol. The van der Waals surface area contributed by atoms with Gasteiger partial charge in [0, 0.05) is 12.1 Å². The summed E-state index contributed by atoms with van der Waals surface area (Å²) in [7, 11) is 5.41. The van der Waals surface area contributed by atoms with Gasteiger partial charge in [-0.15, -0.1) is 0 Å². The zero-order valence-electron chi connectivity index (χ0n) is 13.4. The van der Waals surface area contributed by atoms with E-state index in [0.29, 0.717) is 17.1 Å². The highest BCUT2D eigenvalue weighted by molar-refractivity contribution is 6.32. The Morgan fingerprint density at radius 2 is 2.14 bits per heavy atom. The molecule has 0 saturated heterocycles. The normalized spacial score (nSPS) is 11.2. The Morgan fingerprint density at radius 1 is 1.52 bits per heavy atom. The lowest BCUT2D eigenvalue weighted by molar-refractivity contribution is -0.122. The van der Waals surface area contributed by atoms with Gasteiger partial charge in [-0.05, 0) is 31.2 Å². The Hall–Kier alpha value is -1.83. The number of carbonyl (C=O) groups excluding carboxylic acids is 1. The summed E-state index contributed by atoms with van der Waals surface area (Å²) in [5.41, 5.74) is 7.09. The van der Waals surface area contributed by atoms with Crippen molar-refractivity contribution in [3.63, 3.8) is 0 Å². The summed E-state index contributed by atoms with van der Waals surface area (Å²) in [5, 5.41) is 8.46. The van der Waals surface area contributed by atoms with Crippen LogP contribution in [0, 0.1) is 30.1 Å². The Balaban J connectivity index is 0.000000382. The first-order chi connectivity index (χ1) is 9.81. The van der Waals surface area contributed by atoms with E-state index in [1.807, 2.05) is 13.0 Å². The fourth-order valence-electron chi connectivity index (χ4n) is 2.01. The molecule has 0 aliphatic rings. The number of carbonyl (C=O) groups is 1. The molecule has 1 aromatic rings. The van der Waals surface area contributed by atoms with Crippen LogP contribution in [-0.4, -0.2) is 18.7 Å². The molecule has 1 heterocycles. The molecule has 2 N–H and O–H groups in total. The van der Waals surface area contributed by atoms with Gasteiger partial charge in [0.1, 0.15) is 19.6 Å². The third kappa shape index (κ3) is 8.14. The van der Waals surface area contributed by atoms with E-state index in [4.69, 9.17) is 18.8 Å². The Labute approximate surface area is 129 Å². The second-order valence-electron chi connectivity index (χ2n) is 5.56. The number of hydrogen-bond acceptors (Lipinski definition) is 3. The van der Waals surface area contributed by atoms with E-state index in [-0.39, 0.29) is 11.8 Å². The summed E-state index contributed by atoms with van der Waals surface area (Å²) in [5.74, 6) is 0.527. The second-order valence-corrected chi connectivity index (χ2v) is 5.56. The highest BCUT2D eigenvalue weighted by atomic mass is 16.1. The highest BCUT2D eigenvalue weighted by Crippen LogP contribution is 2.16. The van der Waals surface area contributed by atoms with Crippen LogP contribution in [0.1, 0.15) is 51.3 Å². The predicted octanol–water partition coefficient (Wildman–Crippen LogP) is 1.99. The van der Waals surface area contributed by atoms with E-state index in [1.54, 1.807) is 6.07 Å². The van der Waals surface area contributed by atoms with Gasteiger partial charge in [0.25, 0.3) is 0 Å². The zero-order chi connectivity index (χ0) is 16.4. The van der Waals surface area contributed by atoms with Crippen molar-refractivity contribution in [2.75, 3.05) is 0 Å². The molecular weight excluding hydrogens is 261 g/mol. The largest absolute Gasteiger partial charge is 0.369 e. The van der Waals surface area contributed by atoms with Gasteiger partial charge in [-0.25, -0.2) is 4.98 Å². The summed E-state index contributed by atoms with van der Waals surface area (Å²) < 4.78 is 0. The lowest BCUT2D eigenvalue weighted by Crippen LogP contribution is -2.24. The summed E-state index contributed by atoms with van der Waals surface area (Å²) in [6.07, 6.45) is 4.39. The molecule has 5 heteroatoms. The maximum atomic E-state index is 10.8. The molecule has 0 saturated carbocycles. The lowest BCUT2D eigenvalue weighted by Gasteiger charge is -2.13. The summed E-state index contributed by atoms with van der Waals surface area (Å²) >= 11 is 0. The first-order valence-electron chi connectivity index (χ1n) is 7.23. The minimum absolute atomic E-state index is 0.0972. The van der Waals surface area contributed by atoms with Crippen molar-refractivity contribution >= 4 is 19.2 Å². The number of nitrogens with zero attached hydrogens (tertiary/aromatic N) is 2. The van der Waals surface area contributed by atoms with Crippen molar-refractivity contribution in [2.24, 2.45) is 17.6 Å². The van der Waals surface area contributed by atoms with Crippen LogP contribution < -0.4 is 11.2 Å². The Bertz CT molecular complexity index is 495. The maximum Gasteiger partial charge on any atom is 0.220 e. The minimum atomic E-state index is -0.138. The first-order valence-corrected chi connectivity index (χ1v) is 7.23. The van der Waals surface area contributed by atoms with Crippen molar-refractivity contribution in [3.05, 3.63) is 23.5 Å². The fourth-order valence-corrected chi connectivity index (χ4v) is 2.01. The quantitative estimate of drug-likeness (QED) is 0.840.